The van der Waals surface area contributed by atoms with Crippen molar-refractivity contribution in [1.82, 2.24) is 0 Å². The Morgan fingerprint density at radius 3 is 1.23 bits per heavy atom. The van der Waals surface area contributed by atoms with Gasteiger partial charge in [0, 0.05) is 35.5 Å². The van der Waals surface area contributed by atoms with Crippen LogP contribution in [-0.4, -0.2) is 6.54 Å². The van der Waals surface area contributed by atoms with Crippen molar-refractivity contribution in [1.29, 1.82) is 0 Å². The van der Waals surface area contributed by atoms with Crippen molar-refractivity contribution >= 4 is 44.3 Å². The summed E-state index contributed by atoms with van der Waals surface area (Å²) in [6.07, 6.45) is 18.4. The van der Waals surface area contributed by atoms with Gasteiger partial charge in [0.15, 0.2) is 0 Å². The van der Waals surface area contributed by atoms with Crippen LogP contribution in [0.3, 0.4) is 0 Å². The third-order valence-corrected chi connectivity index (χ3v) is 11.7. The number of fused-ring (bicyclic) bond motifs is 2. The second-order valence-corrected chi connectivity index (χ2v) is 15.7. The molecular formula is C64H56N2. The Hall–Kier alpha value is -8.20. The van der Waals surface area contributed by atoms with Gasteiger partial charge in [0.1, 0.15) is 0 Å². The van der Waals surface area contributed by atoms with E-state index in [1.807, 2.05) is 39.0 Å². The lowest BCUT2D eigenvalue weighted by Gasteiger charge is -2.24. The first-order chi connectivity index (χ1) is 32.7. The third-order valence-electron chi connectivity index (χ3n) is 11.7. The van der Waals surface area contributed by atoms with Crippen molar-refractivity contribution < 1.29 is 0 Å². The summed E-state index contributed by atoms with van der Waals surface area (Å²) in [5, 5.41) is 5.01. The number of hydrogen-bond donors (Lipinski definition) is 0. The second-order valence-electron chi connectivity index (χ2n) is 15.7. The Morgan fingerprint density at radius 2 is 0.773 bits per heavy atom. The largest absolute Gasteiger partial charge is 0.338 e. The summed E-state index contributed by atoms with van der Waals surface area (Å²) in [5.74, 6) is 0. The molecule has 2 heteroatoms. The molecule has 0 aromatic heterocycles. The average Bonchev–Trinajstić information content (AvgIpc) is 3.39. The zero-order valence-electron chi connectivity index (χ0n) is 38.1. The van der Waals surface area contributed by atoms with Gasteiger partial charge in [-0.2, -0.15) is 0 Å². The van der Waals surface area contributed by atoms with Gasteiger partial charge in [-0.1, -0.05) is 221 Å². The minimum atomic E-state index is 0.741. The van der Waals surface area contributed by atoms with E-state index in [0.29, 0.717) is 0 Å². The molecule has 2 nitrogen and oxygen atoms in total. The van der Waals surface area contributed by atoms with E-state index < -0.39 is 0 Å². The molecule has 322 valence electrons. The van der Waals surface area contributed by atoms with Crippen LogP contribution in [0.15, 0.2) is 268 Å². The Morgan fingerprint density at radius 1 is 0.379 bits per heavy atom. The summed E-state index contributed by atoms with van der Waals surface area (Å²) in [4.78, 5) is 4.59. The fourth-order valence-corrected chi connectivity index (χ4v) is 8.50. The van der Waals surface area contributed by atoms with E-state index in [1.54, 1.807) is 6.08 Å². The summed E-state index contributed by atoms with van der Waals surface area (Å²) in [6, 6.07) is 74.6. The molecule has 0 unspecified atom stereocenters. The number of benzene rings is 9. The molecule has 66 heavy (non-hydrogen) atoms. The van der Waals surface area contributed by atoms with Crippen LogP contribution in [0.4, 0.5) is 22.7 Å². The van der Waals surface area contributed by atoms with Gasteiger partial charge in [-0.3, -0.25) is 0 Å². The quantitative estimate of drug-likeness (QED) is 0.101. The van der Waals surface area contributed by atoms with Crippen LogP contribution in [-0.2, 0) is 0 Å². The van der Waals surface area contributed by atoms with Gasteiger partial charge in [-0.05, 0) is 128 Å². The van der Waals surface area contributed by atoms with Gasteiger partial charge in [-0.25, -0.2) is 0 Å². The first-order valence-electron chi connectivity index (χ1n) is 23.0. The fraction of sp³-hybridized carbons (Fsp3) is 0.0625. The SMILES string of the molecule is C=C/C=C\C=C\N(c1ccc(-c2ccccc2-c2ccc(N(C/C=C\C=C/C)c3ccc(-c4cccc5ccccc45)cc3)cc2)cc1)c1ccc(-c2cccc3ccccc23)cc1.CC. The molecule has 0 N–H and O–H groups in total. The lowest BCUT2D eigenvalue weighted by molar-refractivity contribution is 1.10. The summed E-state index contributed by atoms with van der Waals surface area (Å²) < 4.78 is 0. The normalized spacial score (nSPS) is 11.4. The Kier molecular flexibility index (Phi) is 14.8. The number of hydrogen-bond acceptors (Lipinski definition) is 2. The van der Waals surface area contributed by atoms with Crippen LogP contribution >= 0.6 is 0 Å². The van der Waals surface area contributed by atoms with Crippen molar-refractivity contribution in [3.8, 4) is 44.5 Å². The predicted octanol–water partition coefficient (Wildman–Crippen LogP) is 18.4. The molecule has 9 aromatic rings. The first kappa shape index (κ1) is 44.4. The molecule has 0 atom stereocenters. The highest BCUT2D eigenvalue weighted by atomic mass is 15.1. The van der Waals surface area contributed by atoms with Gasteiger partial charge in [-0.15, -0.1) is 0 Å². The third kappa shape index (κ3) is 10.1. The number of nitrogens with zero attached hydrogens (tertiary/aromatic N) is 2. The van der Waals surface area contributed by atoms with E-state index in [4.69, 9.17) is 0 Å². The number of anilines is 4. The lowest BCUT2D eigenvalue weighted by atomic mass is 9.94. The smallest absolute Gasteiger partial charge is 0.0455 e. The first-order valence-corrected chi connectivity index (χ1v) is 23.0. The van der Waals surface area contributed by atoms with E-state index in [-0.39, 0.29) is 0 Å². The van der Waals surface area contributed by atoms with Crippen LogP contribution in [0.1, 0.15) is 20.8 Å². The van der Waals surface area contributed by atoms with Crippen molar-refractivity contribution in [2.45, 2.75) is 20.8 Å². The molecule has 9 rings (SSSR count). The summed E-state index contributed by atoms with van der Waals surface area (Å²) in [5.41, 5.74) is 14.0. The van der Waals surface area contributed by atoms with E-state index >= 15 is 0 Å². The molecule has 9 aromatic carbocycles. The van der Waals surface area contributed by atoms with Crippen molar-refractivity contribution in [2.24, 2.45) is 0 Å². The van der Waals surface area contributed by atoms with E-state index in [9.17, 15) is 0 Å². The lowest BCUT2D eigenvalue weighted by Crippen LogP contribution is -2.16. The van der Waals surface area contributed by atoms with Crippen molar-refractivity contribution in [3.05, 3.63) is 268 Å². The standard InChI is InChI=1S/C62H50N2.C2H6/c1-3-5-7-15-45-63(55-41-33-51(34-42-55)61-27-17-21-47-19-9-11-23-57(47)61)53-37-29-49(30-38-53)59-25-13-14-26-60(59)50-31-39-54(40-32-50)64(46-16-8-6-4-2)56-43-35-52(36-44-56)62-28-18-22-48-20-10-12-24-58(48)62;1-2/h3-45H,1,46H2,2H3;1-2H3/b6-4-,7-5-,16-8-,45-15+;. The highest BCUT2D eigenvalue weighted by Gasteiger charge is 2.14. The minimum absolute atomic E-state index is 0.741. The Balaban J connectivity index is 0.00000292. The average molecular weight is 853 g/mol. The van der Waals surface area contributed by atoms with Gasteiger partial charge >= 0.3 is 0 Å². The van der Waals surface area contributed by atoms with Crippen molar-refractivity contribution in [2.75, 3.05) is 16.3 Å². The summed E-state index contributed by atoms with van der Waals surface area (Å²) in [6.45, 7) is 10.6. The predicted molar refractivity (Wildman–Crippen MR) is 289 cm³/mol. The summed E-state index contributed by atoms with van der Waals surface area (Å²) in [7, 11) is 0. The molecule has 0 fully saturated rings. The molecule has 0 aliphatic rings. The van der Waals surface area contributed by atoms with E-state index in [2.05, 4.69) is 253 Å². The topological polar surface area (TPSA) is 6.48 Å². The molecule has 0 aliphatic carbocycles. The molecule has 0 amide bonds. The van der Waals surface area contributed by atoms with E-state index in [1.165, 1.54) is 60.5 Å². The minimum Gasteiger partial charge on any atom is -0.338 e. The van der Waals surface area contributed by atoms with Crippen LogP contribution < -0.4 is 9.80 Å². The van der Waals surface area contributed by atoms with Gasteiger partial charge in [0.05, 0.1) is 0 Å². The maximum absolute atomic E-state index is 3.84. The molecule has 0 saturated carbocycles. The molecule has 0 heterocycles. The van der Waals surface area contributed by atoms with Gasteiger partial charge < -0.3 is 9.80 Å². The zero-order valence-corrected chi connectivity index (χ0v) is 38.1. The summed E-state index contributed by atoms with van der Waals surface area (Å²) >= 11 is 0. The molecule has 0 spiro atoms. The Bertz CT molecular complexity index is 3120. The van der Waals surface area contributed by atoms with Crippen LogP contribution in [0, 0.1) is 0 Å². The van der Waals surface area contributed by atoms with E-state index in [0.717, 1.165) is 34.9 Å². The molecule has 0 radical (unpaired) electrons. The van der Waals surface area contributed by atoms with Crippen LogP contribution in [0.25, 0.3) is 66.1 Å². The zero-order chi connectivity index (χ0) is 45.5. The maximum Gasteiger partial charge on any atom is 0.0455 e. The molecule has 0 aliphatic heterocycles. The highest BCUT2D eigenvalue weighted by molar-refractivity contribution is 5.98. The number of rotatable bonds is 14. The van der Waals surface area contributed by atoms with Crippen molar-refractivity contribution in [3.63, 3.8) is 0 Å². The van der Waals surface area contributed by atoms with Gasteiger partial charge in [0.2, 0.25) is 0 Å². The molecular weight excluding hydrogens is 797 g/mol. The Labute approximate surface area is 391 Å². The van der Waals surface area contributed by atoms with Gasteiger partial charge in [0.25, 0.3) is 0 Å². The second kappa shape index (κ2) is 21.9. The number of allylic oxidation sites excluding steroid dienone is 7. The van der Waals surface area contributed by atoms with Crippen LogP contribution in [0.2, 0.25) is 0 Å². The maximum atomic E-state index is 3.84. The molecule has 0 saturated heterocycles. The highest BCUT2D eigenvalue weighted by Crippen LogP contribution is 2.38. The fourth-order valence-electron chi connectivity index (χ4n) is 8.50. The molecule has 0 bridgehead atoms. The van der Waals surface area contributed by atoms with Crippen LogP contribution in [0.5, 0.6) is 0 Å². The monoisotopic (exact) mass is 852 g/mol.